The summed E-state index contributed by atoms with van der Waals surface area (Å²) >= 11 is 0. The maximum absolute atomic E-state index is 14.8. The van der Waals surface area contributed by atoms with Crippen molar-refractivity contribution in [2.75, 3.05) is 23.9 Å². The Balaban J connectivity index is 1.76. The van der Waals surface area contributed by atoms with E-state index in [4.69, 9.17) is 9.88 Å². The fourth-order valence-corrected chi connectivity index (χ4v) is 3.85. The predicted octanol–water partition coefficient (Wildman–Crippen LogP) is 3.05. The Bertz CT molecular complexity index is 1390. The maximum atomic E-state index is 14.8. The van der Waals surface area contributed by atoms with Gasteiger partial charge in [0, 0.05) is 11.9 Å². The lowest BCUT2D eigenvalue weighted by Crippen LogP contribution is -2.20. The highest BCUT2D eigenvalue weighted by Crippen LogP contribution is 2.33. The van der Waals surface area contributed by atoms with Gasteiger partial charge >= 0.3 is 0 Å². The van der Waals surface area contributed by atoms with E-state index >= 15 is 0 Å². The first kappa shape index (κ1) is 21.5. The van der Waals surface area contributed by atoms with Crippen LogP contribution in [0.4, 0.5) is 27.5 Å². The number of nitrogens with one attached hydrogen (secondary N) is 2. The van der Waals surface area contributed by atoms with Gasteiger partial charge in [0.05, 0.1) is 41.3 Å². The van der Waals surface area contributed by atoms with Crippen LogP contribution in [0.1, 0.15) is 6.92 Å². The molecule has 12 heteroatoms. The number of fused-ring (bicyclic) bond motifs is 1. The predicted molar refractivity (Wildman–Crippen MR) is 118 cm³/mol. The molecule has 0 atom stereocenters. The highest BCUT2D eigenvalue weighted by Gasteiger charge is 2.19. The smallest absolute Gasteiger partial charge is 0.238 e. The van der Waals surface area contributed by atoms with Gasteiger partial charge in [-0.2, -0.15) is 10.1 Å². The van der Waals surface area contributed by atoms with Crippen LogP contribution in [0.25, 0.3) is 10.9 Å². The maximum Gasteiger partial charge on any atom is 0.238 e. The number of halogens is 1. The standard InChI is InChI=1S/C20H20FN7O3S/c1-3-28(17-6-4-5-15-13(17)10-24-27-15)19-14(21)11-23-20(26-19)25-16-9-12(32(22,29)30)7-8-18(16)31-2/h4-11H,3H2,1-2H3,(H,24,27)(H2,22,29,30)(H,23,25,26). The number of H-pyrrole nitrogens is 1. The molecule has 4 N–H and O–H groups in total. The molecule has 0 spiro atoms. The van der Waals surface area contributed by atoms with E-state index < -0.39 is 15.8 Å². The monoisotopic (exact) mass is 457 g/mol. The molecule has 10 nitrogen and oxygen atoms in total. The van der Waals surface area contributed by atoms with Crippen molar-refractivity contribution in [2.24, 2.45) is 5.14 Å². The minimum Gasteiger partial charge on any atom is -0.495 e. The van der Waals surface area contributed by atoms with E-state index in [-0.39, 0.29) is 22.3 Å². The highest BCUT2D eigenvalue weighted by atomic mass is 32.2. The molecule has 2 heterocycles. The minimum atomic E-state index is -3.94. The summed E-state index contributed by atoms with van der Waals surface area (Å²) in [4.78, 5) is 9.89. The normalized spacial score (nSPS) is 11.5. The van der Waals surface area contributed by atoms with E-state index in [0.717, 1.165) is 22.8 Å². The summed E-state index contributed by atoms with van der Waals surface area (Å²) in [6, 6.07) is 9.61. The van der Waals surface area contributed by atoms with Crippen molar-refractivity contribution in [3.63, 3.8) is 0 Å². The van der Waals surface area contributed by atoms with Crippen molar-refractivity contribution in [2.45, 2.75) is 11.8 Å². The molecule has 0 aliphatic carbocycles. The first-order valence-corrected chi connectivity index (χ1v) is 11.1. The number of anilines is 4. The quantitative estimate of drug-likeness (QED) is 0.385. The highest BCUT2D eigenvalue weighted by molar-refractivity contribution is 7.89. The van der Waals surface area contributed by atoms with E-state index in [0.29, 0.717) is 12.3 Å². The zero-order chi connectivity index (χ0) is 22.9. The molecule has 2 aromatic carbocycles. The van der Waals surface area contributed by atoms with E-state index in [1.807, 2.05) is 25.1 Å². The summed E-state index contributed by atoms with van der Waals surface area (Å²) in [5.74, 6) is -0.199. The van der Waals surface area contributed by atoms with Gasteiger partial charge in [0.25, 0.3) is 0 Å². The minimum absolute atomic E-state index is 0.0419. The average molecular weight is 457 g/mol. The second-order valence-corrected chi connectivity index (χ2v) is 8.31. The van der Waals surface area contributed by atoms with Crippen LogP contribution < -0.4 is 20.1 Å². The number of sulfonamides is 1. The van der Waals surface area contributed by atoms with Crippen LogP contribution in [0, 0.1) is 5.82 Å². The summed E-state index contributed by atoms with van der Waals surface area (Å²) in [5, 5.41) is 15.9. The molecule has 166 valence electrons. The van der Waals surface area contributed by atoms with Gasteiger partial charge in [0.2, 0.25) is 16.0 Å². The van der Waals surface area contributed by atoms with E-state index in [1.165, 1.54) is 25.3 Å². The van der Waals surface area contributed by atoms with E-state index in [9.17, 15) is 12.8 Å². The molecule has 0 aliphatic heterocycles. The van der Waals surface area contributed by atoms with Crippen LogP contribution in [0.15, 0.2) is 53.7 Å². The molecule has 0 bridgehead atoms. The second-order valence-electron chi connectivity index (χ2n) is 6.75. The first-order valence-electron chi connectivity index (χ1n) is 9.52. The fraction of sp³-hybridized carbons (Fsp3) is 0.150. The summed E-state index contributed by atoms with van der Waals surface area (Å²) in [6.45, 7) is 2.29. The molecule has 2 aromatic heterocycles. The third-order valence-electron chi connectivity index (χ3n) is 4.80. The van der Waals surface area contributed by atoms with Crippen molar-refractivity contribution in [3.8, 4) is 5.75 Å². The topological polar surface area (TPSA) is 139 Å². The van der Waals surface area contributed by atoms with Gasteiger partial charge in [-0.05, 0) is 37.3 Å². The number of ether oxygens (including phenoxy) is 1. The Morgan fingerprint density at radius 2 is 2.06 bits per heavy atom. The lowest BCUT2D eigenvalue weighted by molar-refractivity contribution is 0.416. The van der Waals surface area contributed by atoms with Gasteiger partial charge in [-0.25, -0.2) is 22.9 Å². The van der Waals surface area contributed by atoms with Crippen LogP contribution in [0.5, 0.6) is 5.75 Å². The van der Waals surface area contributed by atoms with Gasteiger partial charge in [-0.3, -0.25) is 5.10 Å². The summed E-state index contributed by atoms with van der Waals surface area (Å²) in [7, 11) is -2.51. The van der Waals surface area contributed by atoms with Crippen molar-refractivity contribution in [1.82, 2.24) is 20.2 Å². The number of primary sulfonamides is 1. The molecular weight excluding hydrogens is 437 g/mol. The Morgan fingerprint density at radius 3 is 2.78 bits per heavy atom. The number of methoxy groups -OCH3 is 1. The summed E-state index contributed by atoms with van der Waals surface area (Å²) in [6.07, 6.45) is 2.70. The Morgan fingerprint density at radius 1 is 1.25 bits per heavy atom. The molecule has 0 radical (unpaired) electrons. The Labute approximate surface area is 183 Å². The molecule has 0 amide bonds. The molecular formula is C20H20FN7O3S. The van der Waals surface area contributed by atoms with Crippen LogP contribution in [-0.4, -0.2) is 42.2 Å². The Hall–Kier alpha value is -3.77. The molecule has 0 saturated carbocycles. The summed E-state index contributed by atoms with van der Waals surface area (Å²) in [5.41, 5.74) is 1.78. The van der Waals surface area contributed by atoms with Gasteiger partial charge in [-0.1, -0.05) is 6.07 Å². The molecule has 0 saturated heterocycles. The van der Waals surface area contributed by atoms with Gasteiger partial charge in [-0.15, -0.1) is 0 Å². The largest absolute Gasteiger partial charge is 0.495 e. The van der Waals surface area contributed by atoms with E-state index in [2.05, 4.69) is 25.5 Å². The zero-order valence-corrected chi connectivity index (χ0v) is 18.0. The van der Waals surface area contributed by atoms with Gasteiger partial charge in [0.1, 0.15) is 5.75 Å². The molecule has 32 heavy (non-hydrogen) atoms. The third-order valence-corrected chi connectivity index (χ3v) is 5.71. The second kappa shape index (κ2) is 8.40. The number of nitrogens with two attached hydrogens (primary N) is 1. The van der Waals surface area contributed by atoms with Crippen LogP contribution >= 0.6 is 0 Å². The van der Waals surface area contributed by atoms with Crippen LogP contribution in [0.3, 0.4) is 0 Å². The van der Waals surface area contributed by atoms with Crippen molar-refractivity contribution >= 4 is 44.1 Å². The van der Waals surface area contributed by atoms with Crippen LogP contribution in [-0.2, 0) is 10.0 Å². The average Bonchev–Trinajstić information content (AvgIpc) is 3.25. The van der Waals surface area contributed by atoms with E-state index in [1.54, 1.807) is 11.1 Å². The molecule has 4 rings (SSSR count). The summed E-state index contributed by atoms with van der Waals surface area (Å²) < 4.78 is 43.5. The number of rotatable bonds is 7. The number of nitrogens with zero attached hydrogens (tertiary/aromatic N) is 4. The van der Waals surface area contributed by atoms with Crippen molar-refractivity contribution in [1.29, 1.82) is 0 Å². The number of hydrogen-bond donors (Lipinski definition) is 3. The molecule has 0 aliphatic rings. The number of aromatic amines is 1. The molecule has 0 fully saturated rings. The zero-order valence-electron chi connectivity index (χ0n) is 17.2. The SMILES string of the molecule is CCN(c1nc(Nc2cc(S(N)(=O)=O)ccc2OC)ncc1F)c1cccc2[nH]ncc12. The van der Waals surface area contributed by atoms with Crippen molar-refractivity contribution in [3.05, 3.63) is 54.6 Å². The number of aromatic nitrogens is 4. The lowest BCUT2D eigenvalue weighted by Gasteiger charge is -2.23. The van der Waals surface area contributed by atoms with Gasteiger partial charge < -0.3 is 15.0 Å². The molecule has 0 unspecified atom stereocenters. The number of hydrogen-bond acceptors (Lipinski definition) is 8. The van der Waals surface area contributed by atoms with Crippen LogP contribution in [0.2, 0.25) is 0 Å². The van der Waals surface area contributed by atoms with Crippen molar-refractivity contribution < 1.29 is 17.5 Å². The molecule has 4 aromatic rings. The Kier molecular flexibility index (Phi) is 5.63. The third kappa shape index (κ3) is 4.05. The first-order chi connectivity index (χ1) is 15.3. The lowest BCUT2D eigenvalue weighted by atomic mass is 10.2. The fourth-order valence-electron chi connectivity index (χ4n) is 3.31. The number of benzene rings is 2. The van der Waals surface area contributed by atoms with Gasteiger partial charge in [0.15, 0.2) is 11.6 Å².